The average molecular weight is 334 g/mol. The van der Waals surface area contributed by atoms with Gasteiger partial charge in [-0.1, -0.05) is 30.3 Å². The molecular weight excluding hydrogens is 318 g/mol. The molecule has 2 atom stereocenters. The van der Waals surface area contributed by atoms with Crippen molar-refractivity contribution < 1.29 is 4.74 Å². The molecule has 1 aliphatic rings. The molecule has 0 radical (unpaired) electrons. The first-order valence-electron chi connectivity index (χ1n) is 6.70. The summed E-state index contributed by atoms with van der Waals surface area (Å²) in [6.45, 7) is 1.66. The van der Waals surface area contributed by atoms with Crippen molar-refractivity contribution in [3.8, 4) is 0 Å². The van der Waals surface area contributed by atoms with Crippen LogP contribution in [-0.2, 0) is 4.74 Å². The van der Waals surface area contributed by atoms with Crippen LogP contribution >= 0.6 is 15.9 Å². The van der Waals surface area contributed by atoms with Crippen LogP contribution in [0.5, 0.6) is 0 Å². The van der Waals surface area contributed by atoms with Gasteiger partial charge < -0.3 is 10.1 Å². The van der Waals surface area contributed by atoms with E-state index in [0.717, 1.165) is 29.9 Å². The second-order valence-corrected chi connectivity index (χ2v) is 5.71. The van der Waals surface area contributed by atoms with Crippen molar-refractivity contribution >= 4 is 21.7 Å². The molecule has 1 N–H and O–H groups in total. The molecule has 1 aromatic heterocycles. The van der Waals surface area contributed by atoms with Crippen molar-refractivity contribution in [2.75, 3.05) is 18.5 Å². The van der Waals surface area contributed by atoms with Gasteiger partial charge in [-0.15, -0.1) is 0 Å². The minimum absolute atomic E-state index is 0.171. The molecular formula is C15H16BrN3O. The Morgan fingerprint density at radius 2 is 2.15 bits per heavy atom. The van der Waals surface area contributed by atoms with Crippen molar-refractivity contribution in [3.63, 3.8) is 0 Å². The Bertz CT molecular complexity index is 564. The molecule has 1 aliphatic heterocycles. The van der Waals surface area contributed by atoms with E-state index in [1.54, 1.807) is 12.5 Å². The molecule has 0 spiro atoms. The van der Waals surface area contributed by atoms with E-state index in [4.69, 9.17) is 4.74 Å². The van der Waals surface area contributed by atoms with Crippen molar-refractivity contribution in [2.24, 2.45) is 5.92 Å². The SMILES string of the molecule is Brc1cncnc1NC[C@H]1CCO[C@@H]1c1ccccc1. The van der Waals surface area contributed by atoms with Crippen molar-refractivity contribution in [1.82, 2.24) is 9.97 Å². The number of nitrogens with zero attached hydrogens (tertiary/aromatic N) is 2. The summed E-state index contributed by atoms with van der Waals surface area (Å²) < 4.78 is 6.77. The number of aromatic nitrogens is 2. The summed E-state index contributed by atoms with van der Waals surface area (Å²) >= 11 is 3.45. The first-order chi connectivity index (χ1) is 9.84. The first kappa shape index (κ1) is 13.5. The molecule has 0 saturated carbocycles. The maximum absolute atomic E-state index is 5.89. The van der Waals surface area contributed by atoms with Crippen molar-refractivity contribution in [2.45, 2.75) is 12.5 Å². The number of nitrogens with one attached hydrogen (secondary N) is 1. The van der Waals surface area contributed by atoms with Crippen LogP contribution in [0.4, 0.5) is 5.82 Å². The number of rotatable bonds is 4. The third-order valence-corrected chi connectivity index (χ3v) is 4.12. The second-order valence-electron chi connectivity index (χ2n) is 4.85. The van der Waals surface area contributed by atoms with Crippen LogP contribution in [0.3, 0.4) is 0 Å². The van der Waals surface area contributed by atoms with Crippen molar-refractivity contribution in [3.05, 3.63) is 52.9 Å². The van der Waals surface area contributed by atoms with Gasteiger partial charge in [-0.2, -0.15) is 0 Å². The maximum Gasteiger partial charge on any atom is 0.143 e. The number of halogens is 1. The van der Waals surface area contributed by atoms with Crippen LogP contribution in [0.2, 0.25) is 0 Å². The molecule has 104 valence electrons. The molecule has 0 aliphatic carbocycles. The van der Waals surface area contributed by atoms with Crippen LogP contribution in [0.15, 0.2) is 47.3 Å². The number of ether oxygens (including phenoxy) is 1. The third kappa shape index (κ3) is 2.99. The third-order valence-electron chi connectivity index (χ3n) is 3.54. The Labute approximate surface area is 126 Å². The van der Waals surface area contributed by atoms with Crippen molar-refractivity contribution in [1.29, 1.82) is 0 Å². The number of benzene rings is 1. The lowest BCUT2D eigenvalue weighted by atomic mass is 9.95. The molecule has 1 saturated heterocycles. The van der Waals surface area contributed by atoms with Gasteiger partial charge in [0.1, 0.15) is 12.1 Å². The monoisotopic (exact) mass is 333 g/mol. The lowest BCUT2D eigenvalue weighted by molar-refractivity contribution is 0.0933. The fourth-order valence-electron chi connectivity index (χ4n) is 2.52. The van der Waals surface area contributed by atoms with Crippen LogP contribution in [0.25, 0.3) is 0 Å². The highest BCUT2D eigenvalue weighted by Gasteiger charge is 2.29. The summed E-state index contributed by atoms with van der Waals surface area (Å²) in [7, 11) is 0. The van der Waals surface area contributed by atoms with Crippen LogP contribution in [-0.4, -0.2) is 23.1 Å². The number of anilines is 1. The van der Waals surface area contributed by atoms with E-state index in [9.17, 15) is 0 Å². The smallest absolute Gasteiger partial charge is 0.143 e. The lowest BCUT2D eigenvalue weighted by Crippen LogP contribution is -2.18. The molecule has 0 unspecified atom stereocenters. The van der Waals surface area contributed by atoms with Gasteiger partial charge in [-0.05, 0) is 27.9 Å². The Morgan fingerprint density at radius 3 is 2.95 bits per heavy atom. The van der Waals surface area contributed by atoms with E-state index in [1.807, 2.05) is 6.07 Å². The molecule has 0 amide bonds. The zero-order chi connectivity index (χ0) is 13.8. The van der Waals surface area contributed by atoms with Gasteiger partial charge in [-0.25, -0.2) is 9.97 Å². The van der Waals surface area contributed by atoms with E-state index in [1.165, 1.54) is 5.56 Å². The van der Waals surface area contributed by atoms with Gasteiger partial charge in [0.25, 0.3) is 0 Å². The van der Waals surface area contributed by atoms with Gasteiger partial charge in [-0.3, -0.25) is 0 Å². The fourth-order valence-corrected chi connectivity index (χ4v) is 2.89. The van der Waals surface area contributed by atoms with Gasteiger partial charge >= 0.3 is 0 Å². The molecule has 5 heteroatoms. The summed E-state index contributed by atoms with van der Waals surface area (Å²) in [5.41, 5.74) is 1.25. The molecule has 2 heterocycles. The fraction of sp³-hybridized carbons (Fsp3) is 0.333. The zero-order valence-corrected chi connectivity index (χ0v) is 12.6. The largest absolute Gasteiger partial charge is 0.373 e. The Balaban J connectivity index is 1.67. The molecule has 3 rings (SSSR count). The minimum Gasteiger partial charge on any atom is -0.373 e. The van der Waals surface area contributed by atoms with Gasteiger partial charge in [0.2, 0.25) is 0 Å². The Hall–Kier alpha value is -1.46. The molecule has 0 bridgehead atoms. The normalized spacial score (nSPS) is 21.9. The summed E-state index contributed by atoms with van der Waals surface area (Å²) in [5.74, 6) is 1.29. The number of hydrogen-bond acceptors (Lipinski definition) is 4. The highest BCUT2D eigenvalue weighted by molar-refractivity contribution is 9.10. The summed E-state index contributed by atoms with van der Waals surface area (Å²) in [4.78, 5) is 8.19. The minimum atomic E-state index is 0.171. The predicted octanol–water partition coefficient (Wildman–Crippen LogP) is 3.43. The van der Waals surface area contributed by atoms with Crippen LogP contribution in [0.1, 0.15) is 18.1 Å². The summed E-state index contributed by atoms with van der Waals surface area (Å²) in [5, 5.41) is 3.38. The Morgan fingerprint density at radius 1 is 1.30 bits per heavy atom. The summed E-state index contributed by atoms with van der Waals surface area (Å²) in [6.07, 6.45) is 4.53. The van der Waals surface area contributed by atoms with Gasteiger partial charge in [0.05, 0.1) is 10.6 Å². The highest BCUT2D eigenvalue weighted by atomic mass is 79.9. The van der Waals surface area contributed by atoms with E-state index >= 15 is 0 Å². The Kier molecular flexibility index (Phi) is 4.28. The highest BCUT2D eigenvalue weighted by Crippen LogP contribution is 2.34. The van der Waals surface area contributed by atoms with E-state index in [0.29, 0.717) is 5.92 Å². The second kappa shape index (κ2) is 6.33. The predicted molar refractivity (Wildman–Crippen MR) is 81.5 cm³/mol. The molecule has 1 fully saturated rings. The molecule has 2 aromatic rings. The lowest BCUT2D eigenvalue weighted by Gasteiger charge is -2.19. The quantitative estimate of drug-likeness (QED) is 0.931. The molecule has 20 heavy (non-hydrogen) atoms. The van der Waals surface area contributed by atoms with E-state index in [-0.39, 0.29) is 6.10 Å². The van der Waals surface area contributed by atoms with Crippen LogP contribution in [0, 0.1) is 5.92 Å². The zero-order valence-electron chi connectivity index (χ0n) is 11.0. The van der Waals surface area contributed by atoms with E-state index in [2.05, 4.69) is 55.5 Å². The summed E-state index contributed by atoms with van der Waals surface area (Å²) in [6, 6.07) is 10.4. The van der Waals surface area contributed by atoms with Gasteiger partial charge in [0.15, 0.2) is 0 Å². The first-order valence-corrected chi connectivity index (χ1v) is 7.50. The topological polar surface area (TPSA) is 47.0 Å². The van der Waals surface area contributed by atoms with Gasteiger partial charge in [0, 0.05) is 25.3 Å². The standard InChI is InChI=1S/C15H16BrN3O/c16-13-9-17-10-19-15(13)18-8-12-6-7-20-14(12)11-4-2-1-3-5-11/h1-5,9-10,12,14H,6-8H2,(H,17,18,19)/t12-,14-/m1/s1. The molecule has 1 aromatic carbocycles. The molecule has 4 nitrogen and oxygen atoms in total. The van der Waals surface area contributed by atoms with Crippen LogP contribution < -0.4 is 5.32 Å². The van der Waals surface area contributed by atoms with E-state index < -0.39 is 0 Å². The number of hydrogen-bond donors (Lipinski definition) is 1. The maximum atomic E-state index is 5.89. The average Bonchev–Trinajstić information content (AvgIpc) is 2.96.